The van der Waals surface area contributed by atoms with Crippen molar-refractivity contribution in [3.8, 4) is 0 Å². The molecule has 0 aliphatic carbocycles. The van der Waals surface area contributed by atoms with Gasteiger partial charge in [0.05, 0.1) is 23.1 Å². The van der Waals surface area contributed by atoms with E-state index in [1.54, 1.807) is 32.9 Å². The second-order valence-corrected chi connectivity index (χ2v) is 9.72. The first-order valence-electron chi connectivity index (χ1n) is 9.36. The third-order valence-corrected chi connectivity index (χ3v) is 7.36. The first kappa shape index (κ1) is 22.7. The number of esters is 1. The zero-order valence-electron chi connectivity index (χ0n) is 16.7. The van der Waals surface area contributed by atoms with E-state index in [1.807, 2.05) is 6.26 Å². The number of carbonyl (C=O) groups is 2. The van der Waals surface area contributed by atoms with Gasteiger partial charge in [-0.25, -0.2) is 8.42 Å². The van der Waals surface area contributed by atoms with E-state index in [0.29, 0.717) is 25.1 Å². The summed E-state index contributed by atoms with van der Waals surface area (Å²) in [5.41, 5.74) is 0.494. The molecule has 0 spiro atoms. The molecule has 2 rings (SSSR count). The number of ether oxygens (including phenoxy) is 1. The van der Waals surface area contributed by atoms with Crippen molar-refractivity contribution in [3.63, 3.8) is 0 Å². The summed E-state index contributed by atoms with van der Waals surface area (Å²) in [5.74, 6) is -0.898. The molecule has 1 saturated heterocycles. The van der Waals surface area contributed by atoms with Gasteiger partial charge in [-0.05, 0) is 44.2 Å². The Labute approximate surface area is 171 Å². The molecule has 9 heteroatoms. The number of carbonyl (C=O) groups excluding carboxylic acids is 2. The van der Waals surface area contributed by atoms with Crippen LogP contribution in [0.5, 0.6) is 0 Å². The maximum absolute atomic E-state index is 13.1. The fraction of sp³-hybridized carbons (Fsp3) is 0.579. The predicted molar refractivity (Wildman–Crippen MR) is 110 cm³/mol. The van der Waals surface area contributed by atoms with Crippen molar-refractivity contribution in [1.82, 2.24) is 4.31 Å². The molecule has 1 N–H and O–H groups in total. The SMILES string of the molecule is CCOC(=O)C1CCN(S(=O)(=O)c2ccc(SC)c(NC(=O)C(C)C)c2)CC1. The van der Waals surface area contributed by atoms with Gasteiger partial charge in [-0.15, -0.1) is 11.8 Å². The summed E-state index contributed by atoms with van der Waals surface area (Å²) in [6.45, 7) is 6.17. The van der Waals surface area contributed by atoms with Crippen LogP contribution in [0, 0.1) is 11.8 Å². The van der Waals surface area contributed by atoms with E-state index < -0.39 is 10.0 Å². The van der Waals surface area contributed by atoms with Crippen LogP contribution in [0.4, 0.5) is 5.69 Å². The zero-order valence-corrected chi connectivity index (χ0v) is 18.4. The van der Waals surface area contributed by atoms with E-state index in [4.69, 9.17) is 4.74 Å². The van der Waals surface area contributed by atoms with E-state index in [1.165, 1.54) is 22.1 Å². The molecule has 0 radical (unpaired) electrons. The maximum Gasteiger partial charge on any atom is 0.309 e. The van der Waals surface area contributed by atoms with Gasteiger partial charge in [-0.3, -0.25) is 9.59 Å². The van der Waals surface area contributed by atoms with E-state index >= 15 is 0 Å². The largest absolute Gasteiger partial charge is 0.466 e. The number of hydrogen-bond acceptors (Lipinski definition) is 6. The van der Waals surface area contributed by atoms with E-state index in [9.17, 15) is 18.0 Å². The normalized spacial score (nSPS) is 16.2. The number of thioether (sulfide) groups is 1. The van der Waals surface area contributed by atoms with Gasteiger partial charge < -0.3 is 10.1 Å². The summed E-state index contributed by atoms with van der Waals surface area (Å²) in [6.07, 6.45) is 2.75. The molecular formula is C19H28N2O5S2. The third kappa shape index (κ3) is 5.27. The highest BCUT2D eigenvalue weighted by Crippen LogP contribution is 2.31. The number of nitrogens with zero attached hydrogens (tertiary/aromatic N) is 1. The Morgan fingerprint density at radius 1 is 1.29 bits per heavy atom. The molecule has 1 amide bonds. The molecule has 7 nitrogen and oxygen atoms in total. The minimum Gasteiger partial charge on any atom is -0.466 e. The van der Waals surface area contributed by atoms with Gasteiger partial charge in [-0.2, -0.15) is 4.31 Å². The van der Waals surface area contributed by atoms with Gasteiger partial charge in [0.1, 0.15) is 0 Å². The minimum atomic E-state index is -3.71. The fourth-order valence-corrected chi connectivity index (χ4v) is 4.99. The summed E-state index contributed by atoms with van der Waals surface area (Å²) < 4.78 is 32.5. The fourth-order valence-electron chi connectivity index (χ4n) is 2.96. The predicted octanol–water partition coefficient (Wildman–Crippen LogP) is 2.97. The molecule has 0 bridgehead atoms. The van der Waals surface area contributed by atoms with Crippen molar-refractivity contribution < 1.29 is 22.7 Å². The number of amides is 1. The van der Waals surface area contributed by atoms with Crippen molar-refractivity contribution >= 4 is 39.3 Å². The van der Waals surface area contributed by atoms with Gasteiger partial charge in [0.15, 0.2) is 0 Å². The monoisotopic (exact) mass is 428 g/mol. The molecule has 1 aliphatic rings. The second kappa shape index (κ2) is 9.76. The van der Waals surface area contributed by atoms with Crippen LogP contribution in [-0.2, 0) is 24.3 Å². The number of hydrogen-bond donors (Lipinski definition) is 1. The lowest BCUT2D eigenvalue weighted by molar-refractivity contribution is -0.149. The van der Waals surface area contributed by atoms with Crippen molar-refractivity contribution in [3.05, 3.63) is 18.2 Å². The molecule has 1 aromatic rings. The molecule has 0 aromatic heterocycles. The van der Waals surface area contributed by atoms with Crippen molar-refractivity contribution in [2.75, 3.05) is 31.3 Å². The van der Waals surface area contributed by atoms with Gasteiger partial charge in [0.25, 0.3) is 0 Å². The van der Waals surface area contributed by atoms with E-state index in [2.05, 4.69) is 5.32 Å². The summed E-state index contributed by atoms with van der Waals surface area (Å²) in [7, 11) is -3.71. The average molecular weight is 429 g/mol. The highest BCUT2D eigenvalue weighted by atomic mass is 32.2. The van der Waals surface area contributed by atoms with Gasteiger partial charge in [0.2, 0.25) is 15.9 Å². The Kier molecular flexibility index (Phi) is 7.91. The molecule has 1 fully saturated rings. The number of sulfonamides is 1. The van der Waals surface area contributed by atoms with Crippen molar-refractivity contribution in [2.24, 2.45) is 11.8 Å². The van der Waals surface area contributed by atoms with Crippen LogP contribution in [0.25, 0.3) is 0 Å². The number of anilines is 1. The van der Waals surface area contributed by atoms with Crippen LogP contribution >= 0.6 is 11.8 Å². The Morgan fingerprint density at radius 2 is 1.93 bits per heavy atom. The maximum atomic E-state index is 13.1. The Hall–Kier alpha value is -1.58. The lowest BCUT2D eigenvalue weighted by atomic mass is 9.98. The average Bonchev–Trinajstić information content (AvgIpc) is 2.68. The van der Waals surface area contributed by atoms with E-state index in [-0.39, 0.29) is 41.7 Å². The van der Waals surface area contributed by atoms with E-state index in [0.717, 1.165) is 4.90 Å². The van der Waals surface area contributed by atoms with Crippen LogP contribution in [0.3, 0.4) is 0 Å². The molecule has 1 heterocycles. The molecular weight excluding hydrogens is 400 g/mol. The van der Waals surface area contributed by atoms with Crippen LogP contribution in [0.1, 0.15) is 33.6 Å². The molecule has 28 heavy (non-hydrogen) atoms. The first-order valence-corrected chi connectivity index (χ1v) is 12.0. The molecule has 156 valence electrons. The number of benzene rings is 1. The Balaban J connectivity index is 2.19. The number of rotatable bonds is 7. The Bertz CT molecular complexity index is 816. The van der Waals surface area contributed by atoms with Gasteiger partial charge in [-0.1, -0.05) is 13.8 Å². The number of nitrogens with one attached hydrogen (secondary N) is 1. The van der Waals surface area contributed by atoms with Crippen molar-refractivity contribution in [1.29, 1.82) is 0 Å². The topological polar surface area (TPSA) is 92.8 Å². The smallest absolute Gasteiger partial charge is 0.309 e. The minimum absolute atomic E-state index is 0.138. The highest BCUT2D eigenvalue weighted by Gasteiger charge is 2.33. The molecule has 0 atom stereocenters. The van der Waals surface area contributed by atoms with Crippen LogP contribution < -0.4 is 5.32 Å². The van der Waals surface area contributed by atoms with Crippen LogP contribution in [-0.4, -0.2) is 50.6 Å². The standard InChI is InChI=1S/C19H28N2O5S2/c1-5-26-19(23)14-8-10-21(11-9-14)28(24,25)15-6-7-17(27-4)16(12-15)20-18(22)13(2)3/h6-7,12-14H,5,8-11H2,1-4H3,(H,20,22). The highest BCUT2D eigenvalue weighted by molar-refractivity contribution is 7.98. The zero-order chi connectivity index (χ0) is 20.9. The Morgan fingerprint density at radius 3 is 2.46 bits per heavy atom. The summed E-state index contributed by atoms with van der Waals surface area (Å²) >= 11 is 1.44. The molecule has 0 saturated carbocycles. The first-order chi connectivity index (χ1) is 13.2. The lowest BCUT2D eigenvalue weighted by Crippen LogP contribution is -2.40. The summed E-state index contributed by atoms with van der Waals surface area (Å²) in [5, 5.41) is 2.81. The quantitative estimate of drug-likeness (QED) is 0.530. The number of piperidine rings is 1. The van der Waals surface area contributed by atoms with Crippen molar-refractivity contribution in [2.45, 2.75) is 43.4 Å². The third-order valence-electron chi connectivity index (χ3n) is 4.66. The van der Waals surface area contributed by atoms with Gasteiger partial charge >= 0.3 is 5.97 Å². The van der Waals surface area contributed by atoms with Crippen LogP contribution in [0.15, 0.2) is 28.0 Å². The lowest BCUT2D eigenvalue weighted by Gasteiger charge is -2.30. The van der Waals surface area contributed by atoms with Crippen LogP contribution in [0.2, 0.25) is 0 Å². The van der Waals surface area contributed by atoms with Gasteiger partial charge in [0, 0.05) is 23.9 Å². The molecule has 0 unspecified atom stereocenters. The molecule has 1 aromatic carbocycles. The summed E-state index contributed by atoms with van der Waals surface area (Å²) in [6, 6.07) is 4.78. The summed E-state index contributed by atoms with van der Waals surface area (Å²) in [4.78, 5) is 24.9. The molecule has 1 aliphatic heterocycles. The second-order valence-electron chi connectivity index (χ2n) is 6.94.